The predicted molar refractivity (Wildman–Crippen MR) is 79.0 cm³/mol. The van der Waals surface area contributed by atoms with Gasteiger partial charge in [-0.1, -0.05) is 24.3 Å². The van der Waals surface area contributed by atoms with Crippen LogP contribution in [0.2, 0.25) is 0 Å². The van der Waals surface area contributed by atoms with Gasteiger partial charge in [0.15, 0.2) is 5.82 Å². The van der Waals surface area contributed by atoms with Crippen molar-refractivity contribution in [1.29, 1.82) is 0 Å². The molecule has 6 heteroatoms. The number of rotatable bonds is 3. The summed E-state index contributed by atoms with van der Waals surface area (Å²) in [6.07, 6.45) is 0. The molecule has 0 saturated carbocycles. The molecule has 2 aromatic carbocycles. The fourth-order valence-corrected chi connectivity index (χ4v) is 1.94. The van der Waals surface area contributed by atoms with Crippen molar-refractivity contribution in [2.24, 2.45) is 5.73 Å². The molecule has 0 aliphatic carbocycles. The lowest BCUT2D eigenvalue weighted by Gasteiger charge is -2.10. The second-order valence-electron chi connectivity index (χ2n) is 4.37. The van der Waals surface area contributed by atoms with Crippen molar-refractivity contribution in [3.8, 4) is 11.6 Å². The number of anilines is 1. The number of hydrogen-bond donors (Lipinski definition) is 2. The van der Waals surface area contributed by atoms with Crippen molar-refractivity contribution in [2.75, 3.05) is 5.73 Å². The van der Waals surface area contributed by atoms with Gasteiger partial charge in [0.25, 0.3) is 11.8 Å². The summed E-state index contributed by atoms with van der Waals surface area (Å²) < 4.78 is 5.61. The molecule has 1 amide bonds. The summed E-state index contributed by atoms with van der Waals surface area (Å²) in [6.45, 7) is 0. The molecule has 1 aromatic heterocycles. The fraction of sp³-hybridized carbons (Fsp3) is 0. The van der Waals surface area contributed by atoms with Crippen LogP contribution in [-0.2, 0) is 0 Å². The molecule has 4 N–H and O–H groups in total. The van der Waals surface area contributed by atoms with Crippen LogP contribution in [0.3, 0.4) is 0 Å². The lowest BCUT2D eigenvalue weighted by Crippen LogP contribution is -2.12. The van der Waals surface area contributed by atoms with E-state index in [0.29, 0.717) is 16.8 Å². The average molecular weight is 280 g/mol. The Morgan fingerprint density at radius 1 is 0.952 bits per heavy atom. The van der Waals surface area contributed by atoms with Gasteiger partial charge in [0, 0.05) is 0 Å². The van der Waals surface area contributed by atoms with Crippen LogP contribution in [0, 0.1) is 0 Å². The smallest absolute Gasteiger partial charge is 0.263 e. The van der Waals surface area contributed by atoms with E-state index in [2.05, 4.69) is 9.97 Å². The van der Waals surface area contributed by atoms with Crippen LogP contribution < -0.4 is 16.2 Å². The minimum Gasteiger partial charge on any atom is -0.435 e. The van der Waals surface area contributed by atoms with E-state index in [0.717, 1.165) is 0 Å². The Labute approximate surface area is 120 Å². The summed E-state index contributed by atoms with van der Waals surface area (Å²) in [6, 6.07) is 13.9. The first-order chi connectivity index (χ1) is 10.1. The number of carbonyl (C=O) groups is 1. The molecule has 0 atom stereocenters. The van der Waals surface area contributed by atoms with Gasteiger partial charge in [-0.25, -0.2) is 9.97 Å². The molecule has 21 heavy (non-hydrogen) atoms. The largest absolute Gasteiger partial charge is 0.435 e. The number of amides is 1. The van der Waals surface area contributed by atoms with Crippen LogP contribution in [0.4, 0.5) is 5.82 Å². The molecule has 0 fully saturated rings. The zero-order chi connectivity index (χ0) is 14.8. The van der Waals surface area contributed by atoms with Crippen molar-refractivity contribution in [1.82, 2.24) is 9.97 Å². The van der Waals surface area contributed by atoms with Crippen LogP contribution in [0.15, 0.2) is 48.5 Å². The summed E-state index contributed by atoms with van der Waals surface area (Å²) in [5, 5.41) is 0. The molecule has 0 bridgehead atoms. The summed E-state index contributed by atoms with van der Waals surface area (Å²) in [5.41, 5.74) is 12.7. The van der Waals surface area contributed by atoms with E-state index < -0.39 is 5.91 Å². The van der Waals surface area contributed by atoms with Crippen molar-refractivity contribution in [3.05, 3.63) is 54.1 Å². The molecule has 0 radical (unpaired) electrons. The zero-order valence-corrected chi connectivity index (χ0v) is 11.0. The van der Waals surface area contributed by atoms with Crippen molar-refractivity contribution in [3.63, 3.8) is 0 Å². The number of fused-ring (bicyclic) bond motifs is 1. The fourth-order valence-electron chi connectivity index (χ4n) is 1.94. The molecule has 0 saturated heterocycles. The number of hydrogen-bond acceptors (Lipinski definition) is 5. The van der Waals surface area contributed by atoms with E-state index in [1.54, 1.807) is 36.4 Å². The van der Waals surface area contributed by atoms with Crippen LogP contribution in [-0.4, -0.2) is 15.9 Å². The molecule has 104 valence electrons. The van der Waals surface area contributed by atoms with Gasteiger partial charge in [0.2, 0.25) is 0 Å². The maximum absolute atomic E-state index is 11.4. The molecule has 0 aliphatic rings. The maximum Gasteiger partial charge on any atom is 0.263 e. The van der Waals surface area contributed by atoms with Gasteiger partial charge in [0.1, 0.15) is 5.75 Å². The minimum absolute atomic E-state index is 0.141. The Hall–Kier alpha value is -3.15. The summed E-state index contributed by atoms with van der Waals surface area (Å²) in [7, 11) is 0. The molecular weight excluding hydrogens is 268 g/mol. The molecule has 0 spiro atoms. The minimum atomic E-state index is -0.585. The molecule has 6 nitrogen and oxygen atoms in total. The predicted octanol–water partition coefficient (Wildman–Crippen LogP) is 2.10. The Morgan fingerprint density at radius 2 is 1.57 bits per heavy atom. The van der Waals surface area contributed by atoms with Gasteiger partial charge < -0.3 is 16.2 Å². The van der Waals surface area contributed by atoms with Gasteiger partial charge in [-0.2, -0.15) is 0 Å². The van der Waals surface area contributed by atoms with E-state index in [-0.39, 0.29) is 17.3 Å². The van der Waals surface area contributed by atoms with Crippen molar-refractivity contribution < 1.29 is 9.53 Å². The van der Waals surface area contributed by atoms with Gasteiger partial charge in [-0.3, -0.25) is 4.79 Å². The second kappa shape index (κ2) is 5.09. The highest BCUT2D eigenvalue weighted by atomic mass is 16.5. The number of nitrogen functional groups attached to an aromatic ring is 1. The monoisotopic (exact) mass is 280 g/mol. The standard InChI is InChI=1S/C15H12N4O2/c16-13-15(19-11-7-3-2-6-10(11)18-13)21-12-8-4-1-5-9(12)14(17)20/h1-8H,(H2,16,18)(H2,17,20). The highest BCUT2D eigenvalue weighted by Gasteiger charge is 2.13. The third-order valence-electron chi connectivity index (χ3n) is 2.92. The van der Waals surface area contributed by atoms with E-state index in [1.165, 1.54) is 0 Å². The summed E-state index contributed by atoms with van der Waals surface area (Å²) in [5.74, 6) is -0.00502. The van der Waals surface area contributed by atoms with Crippen LogP contribution in [0.1, 0.15) is 10.4 Å². The third-order valence-corrected chi connectivity index (χ3v) is 2.92. The third kappa shape index (κ3) is 2.46. The first kappa shape index (κ1) is 12.9. The number of nitrogens with zero attached hydrogens (tertiary/aromatic N) is 2. The molecule has 1 heterocycles. The lowest BCUT2D eigenvalue weighted by molar-refractivity contribution is 0.0998. The van der Waals surface area contributed by atoms with Gasteiger partial charge in [-0.05, 0) is 24.3 Å². The number of benzene rings is 2. The number of nitrogens with two attached hydrogens (primary N) is 2. The Balaban J connectivity index is 2.06. The summed E-state index contributed by atoms with van der Waals surface area (Å²) >= 11 is 0. The van der Waals surface area contributed by atoms with E-state index in [4.69, 9.17) is 16.2 Å². The highest BCUT2D eigenvalue weighted by Crippen LogP contribution is 2.28. The number of ether oxygens (including phenoxy) is 1. The van der Waals surface area contributed by atoms with Crippen molar-refractivity contribution >= 4 is 22.8 Å². The molecule has 0 aliphatic heterocycles. The van der Waals surface area contributed by atoms with E-state index in [9.17, 15) is 4.79 Å². The topological polar surface area (TPSA) is 104 Å². The van der Waals surface area contributed by atoms with Gasteiger partial charge in [0.05, 0.1) is 16.6 Å². The highest BCUT2D eigenvalue weighted by molar-refractivity contribution is 5.95. The normalized spacial score (nSPS) is 10.5. The number of primary amides is 1. The molecular formula is C15H12N4O2. The molecule has 0 unspecified atom stereocenters. The van der Waals surface area contributed by atoms with Gasteiger partial charge >= 0.3 is 0 Å². The molecule has 3 aromatic rings. The van der Waals surface area contributed by atoms with E-state index >= 15 is 0 Å². The maximum atomic E-state index is 11.4. The quantitative estimate of drug-likeness (QED) is 0.764. The number of aromatic nitrogens is 2. The van der Waals surface area contributed by atoms with Crippen LogP contribution in [0.25, 0.3) is 11.0 Å². The first-order valence-corrected chi connectivity index (χ1v) is 6.24. The number of carbonyl (C=O) groups excluding carboxylic acids is 1. The van der Waals surface area contributed by atoms with Gasteiger partial charge in [-0.15, -0.1) is 0 Å². The first-order valence-electron chi connectivity index (χ1n) is 6.24. The van der Waals surface area contributed by atoms with Crippen LogP contribution >= 0.6 is 0 Å². The second-order valence-corrected chi connectivity index (χ2v) is 4.37. The van der Waals surface area contributed by atoms with E-state index in [1.807, 2.05) is 12.1 Å². The average Bonchev–Trinajstić information content (AvgIpc) is 2.48. The van der Waals surface area contributed by atoms with Crippen LogP contribution in [0.5, 0.6) is 11.6 Å². The lowest BCUT2D eigenvalue weighted by atomic mass is 10.2. The zero-order valence-electron chi connectivity index (χ0n) is 11.0. The Morgan fingerprint density at radius 3 is 2.29 bits per heavy atom. The Bertz CT molecular complexity index is 833. The number of para-hydroxylation sites is 3. The SMILES string of the molecule is NC(=O)c1ccccc1Oc1nc2ccccc2nc1N. The molecule has 3 rings (SSSR count). The van der Waals surface area contributed by atoms with Crippen molar-refractivity contribution in [2.45, 2.75) is 0 Å². The summed E-state index contributed by atoms with van der Waals surface area (Å²) in [4.78, 5) is 19.9. The Kier molecular flexibility index (Phi) is 3.12.